The molecule has 0 spiro atoms. The largest absolute Gasteiger partial charge is 0.396 e. The highest BCUT2D eigenvalue weighted by molar-refractivity contribution is 4.82. The van der Waals surface area contributed by atoms with Crippen molar-refractivity contribution in [3.63, 3.8) is 0 Å². The number of rotatable bonds is 7. The first kappa shape index (κ1) is 14.9. The van der Waals surface area contributed by atoms with Crippen LogP contribution < -0.4 is 5.32 Å². The summed E-state index contributed by atoms with van der Waals surface area (Å²) in [6.07, 6.45) is 2.04. The Morgan fingerprint density at radius 1 is 1.13 bits per heavy atom. The molecule has 0 fully saturated rings. The van der Waals surface area contributed by atoms with Gasteiger partial charge in [-0.15, -0.1) is 0 Å². The maximum Gasteiger partial charge on any atom is 0.0448 e. The van der Waals surface area contributed by atoms with Crippen molar-refractivity contribution in [1.82, 2.24) is 5.32 Å². The van der Waals surface area contributed by atoms with Crippen molar-refractivity contribution in [1.29, 1.82) is 0 Å². The molecule has 0 rings (SSSR count). The quantitative estimate of drug-likeness (QED) is 0.684. The molecule has 0 atom stereocenters. The smallest absolute Gasteiger partial charge is 0.0448 e. The van der Waals surface area contributed by atoms with E-state index >= 15 is 0 Å². The van der Waals surface area contributed by atoms with E-state index in [9.17, 15) is 0 Å². The summed E-state index contributed by atoms with van der Waals surface area (Å²) in [6.45, 7) is 14.7. The Bertz CT molecular complexity index is 173. The average molecular weight is 215 g/mol. The van der Waals surface area contributed by atoms with E-state index < -0.39 is 0 Å². The molecule has 15 heavy (non-hydrogen) atoms. The third-order valence-corrected chi connectivity index (χ3v) is 2.74. The van der Waals surface area contributed by atoms with Crippen molar-refractivity contribution >= 4 is 0 Å². The summed E-state index contributed by atoms with van der Waals surface area (Å²) in [5.41, 5.74) is 0.379. The molecule has 0 amide bonds. The van der Waals surface area contributed by atoms with Gasteiger partial charge in [0.2, 0.25) is 0 Å². The number of aliphatic hydroxyl groups excluding tert-OH is 1. The number of nitrogens with one attached hydrogen (secondary N) is 1. The fraction of sp³-hybridized carbons (Fsp3) is 1.00. The standard InChI is InChI=1S/C13H29NO/c1-11(2)9-12(3,4)10-14-13(5,6)7-8-15/h11,14-15H,7-10H2,1-6H3. The zero-order valence-electron chi connectivity index (χ0n) is 11.4. The van der Waals surface area contributed by atoms with Crippen LogP contribution in [0, 0.1) is 11.3 Å². The van der Waals surface area contributed by atoms with Crippen LogP contribution in [0.15, 0.2) is 0 Å². The van der Waals surface area contributed by atoms with E-state index in [1.54, 1.807) is 0 Å². The van der Waals surface area contributed by atoms with Crippen LogP contribution in [-0.2, 0) is 0 Å². The normalized spacial score (nSPS) is 13.6. The number of hydrogen-bond donors (Lipinski definition) is 2. The molecule has 2 nitrogen and oxygen atoms in total. The topological polar surface area (TPSA) is 32.3 Å². The molecule has 0 aromatic heterocycles. The summed E-state index contributed by atoms with van der Waals surface area (Å²) in [6, 6.07) is 0. The SMILES string of the molecule is CC(C)CC(C)(C)CNC(C)(C)CCO. The van der Waals surface area contributed by atoms with Crippen LogP contribution in [0.25, 0.3) is 0 Å². The Labute approximate surface area is 95.5 Å². The molecule has 0 saturated carbocycles. The van der Waals surface area contributed by atoms with E-state index in [2.05, 4.69) is 46.9 Å². The highest BCUT2D eigenvalue weighted by Gasteiger charge is 2.23. The summed E-state index contributed by atoms with van der Waals surface area (Å²) in [5, 5.41) is 12.5. The van der Waals surface area contributed by atoms with Crippen molar-refractivity contribution in [2.24, 2.45) is 11.3 Å². The molecule has 0 aliphatic rings. The van der Waals surface area contributed by atoms with Gasteiger partial charge in [-0.2, -0.15) is 0 Å². The van der Waals surface area contributed by atoms with E-state index in [1.165, 1.54) is 6.42 Å². The second kappa shape index (κ2) is 5.86. The van der Waals surface area contributed by atoms with Gasteiger partial charge in [-0.25, -0.2) is 0 Å². The first-order valence-corrected chi connectivity index (χ1v) is 6.04. The molecule has 0 bridgehead atoms. The minimum Gasteiger partial charge on any atom is -0.396 e. The average Bonchev–Trinajstić information content (AvgIpc) is 1.99. The predicted octanol–water partition coefficient (Wildman–Crippen LogP) is 2.81. The molecular weight excluding hydrogens is 186 g/mol. The maximum absolute atomic E-state index is 8.94. The molecule has 0 heterocycles. The third kappa shape index (κ3) is 7.80. The minimum atomic E-state index is 0.0446. The first-order valence-electron chi connectivity index (χ1n) is 6.04. The van der Waals surface area contributed by atoms with Crippen molar-refractivity contribution < 1.29 is 5.11 Å². The molecule has 0 aromatic rings. The van der Waals surface area contributed by atoms with Crippen LogP contribution in [0.5, 0.6) is 0 Å². The predicted molar refractivity (Wildman–Crippen MR) is 67.0 cm³/mol. The van der Waals surface area contributed by atoms with Gasteiger partial charge in [0.25, 0.3) is 0 Å². The van der Waals surface area contributed by atoms with E-state index in [-0.39, 0.29) is 12.1 Å². The van der Waals surface area contributed by atoms with Crippen LogP contribution >= 0.6 is 0 Å². The van der Waals surface area contributed by atoms with Crippen molar-refractivity contribution in [2.45, 2.75) is 59.9 Å². The monoisotopic (exact) mass is 215 g/mol. The van der Waals surface area contributed by atoms with Gasteiger partial charge in [-0.05, 0) is 38.0 Å². The second-order valence-electron chi connectivity index (χ2n) is 6.47. The molecular formula is C13H29NO. The molecule has 2 heteroatoms. The van der Waals surface area contributed by atoms with Gasteiger partial charge in [0.15, 0.2) is 0 Å². The Morgan fingerprint density at radius 3 is 2.07 bits per heavy atom. The van der Waals surface area contributed by atoms with Crippen LogP contribution in [0.2, 0.25) is 0 Å². The maximum atomic E-state index is 8.94. The fourth-order valence-corrected chi connectivity index (χ4v) is 2.02. The zero-order chi connectivity index (χ0) is 12.1. The minimum absolute atomic E-state index is 0.0446. The molecule has 0 unspecified atom stereocenters. The lowest BCUT2D eigenvalue weighted by Gasteiger charge is -2.33. The Hall–Kier alpha value is -0.0800. The van der Waals surface area contributed by atoms with Crippen molar-refractivity contribution in [3.05, 3.63) is 0 Å². The Kier molecular flexibility index (Phi) is 5.82. The van der Waals surface area contributed by atoms with Crippen LogP contribution in [0.1, 0.15) is 54.4 Å². The number of aliphatic hydroxyl groups is 1. The summed E-state index contributed by atoms with van der Waals surface area (Å²) in [7, 11) is 0. The molecule has 0 radical (unpaired) electrons. The summed E-state index contributed by atoms with van der Waals surface area (Å²) in [4.78, 5) is 0. The van der Waals surface area contributed by atoms with E-state index in [0.717, 1.165) is 18.9 Å². The highest BCUT2D eigenvalue weighted by Crippen LogP contribution is 2.25. The molecule has 92 valence electrons. The Morgan fingerprint density at radius 2 is 1.67 bits per heavy atom. The van der Waals surface area contributed by atoms with Gasteiger partial charge in [-0.3, -0.25) is 0 Å². The van der Waals surface area contributed by atoms with Gasteiger partial charge < -0.3 is 10.4 Å². The molecule has 0 aliphatic heterocycles. The van der Waals surface area contributed by atoms with Crippen LogP contribution in [-0.4, -0.2) is 23.8 Å². The van der Waals surface area contributed by atoms with Crippen LogP contribution in [0.3, 0.4) is 0 Å². The summed E-state index contributed by atoms with van der Waals surface area (Å²) >= 11 is 0. The second-order valence-corrected chi connectivity index (χ2v) is 6.47. The third-order valence-electron chi connectivity index (χ3n) is 2.74. The van der Waals surface area contributed by atoms with Gasteiger partial charge >= 0.3 is 0 Å². The van der Waals surface area contributed by atoms with Crippen molar-refractivity contribution in [3.8, 4) is 0 Å². The first-order chi connectivity index (χ1) is 6.68. The molecule has 0 aromatic carbocycles. The van der Waals surface area contributed by atoms with Gasteiger partial charge in [0, 0.05) is 18.7 Å². The van der Waals surface area contributed by atoms with Crippen molar-refractivity contribution in [2.75, 3.05) is 13.2 Å². The van der Waals surface area contributed by atoms with E-state index in [1.807, 2.05) is 0 Å². The zero-order valence-corrected chi connectivity index (χ0v) is 11.4. The lowest BCUT2D eigenvalue weighted by Crippen LogP contribution is -2.45. The van der Waals surface area contributed by atoms with Gasteiger partial charge in [0.1, 0.15) is 0 Å². The van der Waals surface area contributed by atoms with Gasteiger partial charge in [-0.1, -0.05) is 27.7 Å². The Balaban J connectivity index is 4.01. The van der Waals surface area contributed by atoms with Gasteiger partial charge in [0.05, 0.1) is 0 Å². The van der Waals surface area contributed by atoms with E-state index in [4.69, 9.17) is 5.11 Å². The molecule has 0 saturated heterocycles. The summed E-state index contributed by atoms with van der Waals surface area (Å²) in [5.74, 6) is 0.739. The molecule has 0 aliphatic carbocycles. The molecule has 2 N–H and O–H groups in total. The summed E-state index contributed by atoms with van der Waals surface area (Å²) < 4.78 is 0. The fourth-order valence-electron chi connectivity index (χ4n) is 2.02. The number of hydrogen-bond acceptors (Lipinski definition) is 2. The lowest BCUT2D eigenvalue weighted by atomic mass is 9.83. The highest BCUT2D eigenvalue weighted by atomic mass is 16.3. The van der Waals surface area contributed by atoms with Crippen LogP contribution in [0.4, 0.5) is 0 Å². The van der Waals surface area contributed by atoms with E-state index in [0.29, 0.717) is 5.41 Å². The lowest BCUT2D eigenvalue weighted by molar-refractivity contribution is 0.198.